The molecule has 6 heteroatoms. The van der Waals surface area contributed by atoms with Crippen LogP contribution in [0.1, 0.15) is 27.4 Å². The zero-order valence-electron chi connectivity index (χ0n) is 17.5. The monoisotopic (exact) mass is 399 g/mol. The van der Waals surface area contributed by atoms with Crippen molar-refractivity contribution in [1.29, 1.82) is 0 Å². The first-order chi connectivity index (χ1) is 14.6. The van der Waals surface area contributed by atoms with Crippen LogP contribution in [0.2, 0.25) is 0 Å². The van der Waals surface area contributed by atoms with Gasteiger partial charge in [0.25, 0.3) is 5.91 Å². The van der Waals surface area contributed by atoms with Gasteiger partial charge >= 0.3 is 0 Å². The maximum Gasteiger partial charge on any atom is 0.254 e. The lowest BCUT2D eigenvalue weighted by molar-refractivity contribution is 0.0951. The van der Waals surface area contributed by atoms with Gasteiger partial charge in [-0.05, 0) is 38.5 Å². The molecule has 1 N–H and O–H groups in total. The topological polar surface area (TPSA) is 64.7 Å². The van der Waals surface area contributed by atoms with Crippen molar-refractivity contribution in [1.82, 2.24) is 24.9 Å². The van der Waals surface area contributed by atoms with Gasteiger partial charge in [0.15, 0.2) is 0 Å². The summed E-state index contributed by atoms with van der Waals surface area (Å²) in [7, 11) is 0. The molecule has 1 amide bonds. The minimum absolute atomic E-state index is 0.125. The van der Waals surface area contributed by atoms with Crippen molar-refractivity contribution in [3.05, 3.63) is 89.5 Å². The molecule has 0 aliphatic rings. The maximum atomic E-state index is 12.7. The summed E-state index contributed by atoms with van der Waals surface area (Å²) >= 11 is 0. The first kappa shape index (κ1) is 19.6. The van der Waals surface area contributed by atoms with Crippen LogP contribution in [0.25, 0.3) is 16.8 Å². The second kappa shape index (κ2) is 8.37. The third-order valence-electron chi connectivity index (χ3n) is 5.31. The van der Waals surface area contributed by atoms with Crippen LogP contribution in [0, 0.1) is 20.8 Å². The molecule has 0 unspecified atom stereocenters. The van der Waals surface area contributed by atoms with E-state index in [2.05, 4.69) is 34.6 Å². The van der Waals surface area contributed by atoms with E-state index in [4.69, 9.17) is 0 Å². The first-order valence-electron chi connectivity index (χ1n) is 10.0. The fourth-order valence-electron chi connectivity index (χ4n) is 3.77. The summed E-state index contributed by atoms with van der Waals surface area (Å²) < 4.78 is 3.74. The highest BCUT2D eigenvalue weighted by Gasteiger charge is 2.16. The summed E-state index contributed by atoms with van der Waals surface area (Å²) in [6.45, 7) is 7.09. The van der Waals surface area contributed by atoms with Crippen molar-refractivity contribution in [3.63, 3.8) is 0 Å². The Morgan fingerprint density at radius 2 is 1.60 bits per heavy atom. The second-order valence-electron chi connectivity index (χ2n) is 7.28. The van der Waals surface area contributed by atoms with Gasteiger partial charge in [0.05, 0.1) is 35.4 Å². The lowest BCUT2D eigenvalue weighted by Crippen LogP contribution is -2.28. The normalized spacial score (nSPS) is 10.9. The molecular weight excluding hydrogens is 374 g/mol. The molecule has 2 heterocycles. The summed E-state index contributed by atoms with van der Waals surface area (Å²) in [5, 5.41) is 12.0. The van der Waals surface area contributed by atoms with Crippen LogP contribution in [0.15, 0.2) is 66.9 Å². The highest BCUT2D eigenvalue weighted by molar-refractivity contribution is 5.95. The van der Waals surface area contributed by atoms with E-state index in [-0.39, 0.29) is 5.91 Å². The minimum Gasteiger partial charge on any atom is -0.350 e. The Labute approximate surface area is 176 Å². The predicted molar refractivity (Wildman–Crippen MR) is 118 cm³/mol. The van der Waals surface area contributed by atoms with Gasteiger partial charge in [-0.3, -0.25) is 9.48 Å². The Balaban J connectivity index is 1.43. The van der Waals surface area contributed by atoms with Crippen molar-refractivity contribution in [2.75, 3.05) is 6.54 Å². The quantitative estimate of drug-likeness (QED) is 0.531. The van der Waals surface area contributed by atoms with Crippen LogP contribution in [0.3, 0.4) is 0 Å². The van der Waals surface area contributed by atoms with E-state index in [1.807, 2.05) is 67.1 Å². The van der Waals surface area contributed by atoms with Gasteiger partial charge in [-0.25, -0.2) is 4.68 Å². The fraction of sp³-hybridized carbons (Fsp3) is 0.208. The molecular formula is C24H25N5O. The zero-order valence-corrected chi connectivity index (χ0v) is 17.5. The molecule has 6 nitrogen and oxygen atoms in total. The summed E-state index contributed by atoms with van der Waals surface area (Å²) in [6, 6.07) is 20.1. The van der Waals surface area contributed by atoms with Crippen LogP contribution in [0.4, 0.5) is 0 Å². The van der Waals surface area contributed by atoms with E-state index < -0.39 is 0 Å². The molecule has 152 valence electrons. The molecule has 0 bridgehead atoms. The Morgan fingerprint density at radius 1 is 0.933 bits per heavy atom. The zero-order chi connectivity index (χ0) is 21.1. The second-order valence-corrected chi connectivity index (χ2v) is 7.28. The summed E-state index contributed by atoms with van der Waals surface area (Å²) in [6.07, 6.45) is 1.62. The molecule has 0 fully saturated rings. The van der Waals surface area contributed by atoms with E-state index in [1.54, 1.807) is 10.9 Å². The van der Waals surface area contributed by atoms with Crippen molar-refractivity contribution >= 4 is 5.91 Å². The largest absolute Gasteiger partial charge is 0.350 e. The van der Waals surface area contributed by atoms with Gasteiger partial charge < -0.3 is 5.32 Å². The molecule has 2 aromatic carbocycles. The molecule has 0 aliphatic heterocycles. The lowest BCUT2D eigenvalue weighted by atomic mass is 10.0. The van der Waals surface area contributed by atoms with E-state index in [0.717, 1.165) is 33.9 Å². The number of hydrogen-bond donors (Lipinski definition) is 1. The number of aryl methyl sites for hydroxylation is 1. The number of carbonyl (C=O) groups excluding carboxylic acids is 1. The van der Waals surface area contributed by atoms with Gasteiger partial charge in [-0.2, -0.15) is 10.2 Å². The highest BCUT2D eigenvalue weighted by Crippen LogP contribution is 2.26. The van der Waals surface area contributed by atoms with E-state index in [0.29, 0.717) is 18.7 Å². The Bertz CT molecular complexity index is 1160. The van der Waals surface area contributed by atoms with Gasteiger partial charge in [0, 0.05) is 17.8 Å². The van der Waals surface area contributed by atoms with E-state index in [1.165, 1.54) is 0 Å². The molecule has 0 aliphatic carbocycles. The molecule has 2 aromatic heterocycles. The first-order valence-corrected chi connectivity index (χ1v) is 10.0. The van der Waals surface area contributed by atoms with Gasteiger partial charge in [-0.1, -0.05) is 48.5 Å². The van der Waals surface area contributed by atoms with Gasteiger partial charge in [0.2, 0.25) is 0 Å². The van der Waals surface area contributed by atoms with Crippen molar-refractivity contribution in [3.8, 4) is 16.8 Å². The standard InChI is InChI=1S/C24H25N5O/c1-17-23(20-10-6-4-7-11-20)19(3)28(27-17)15-14-25-24(30)22-16-26-29(18(22)2)21-12-8-5-9-13-21/h4-13,16H,14-15H2,1-3H3,(H,25,30). The summed E-state index contributed by atoms with van der Waals surface area (Å²) in [5.74, 6) is -0.125. The van der Waals surface area contributed by atoms with E-state index in [9.17, 15) is 4.79 Å². The van der Waals surface area contributed by atoms with Crippen LogP contribution in [-0.2, 0) is 6.54 Å². The molecule has 0 spiro atoms. The number of carbonyl (C=O) groups is 1. The summed E-state index contributed by atoms with van der Waals surface area (Å²) in [5.41, 5.74) is 6.73. The van der Waals surface area contributed by atoms with Gasteiger partial charge in [-0.15, -0.1) is 0 Å². The van der Waals surface area contributed by atoms with Crippen LogP contribution in [0.5, 0.6) is 0 Å². The van der Waals surface area contributed by atoms with Crippen LogP contribution >= 0.6 is 0 Å². The number of nitrogens with one attached hydrogen (secondary N) is 1. The Morgan fingerprint density at radius 3 is 2.30 bits per heavy atom. The molecule has 30 heavy (non-hydrogen) atoms. The molecule has 4 rings (SSSR count). The lowest BCUT2D eigenvalue weighted by Gasteiger charge is -2.08. The minimum atomic E-state index is -0.125. The fourth-order valence-corrected chi connectivity index (χ4v) is 3.77. The third kappa shape index (κ3) is 3.76. The molecule has 0 radical (unpaired) electrons. The number of aromatic nitrogens is 4. The molecule has 0 saturated carbocycles. The number of hydrogen-bond acceptors (Lipinski definition) is 3. The number of para-hydroxylation sites is 1. The SMILES string of the molecule is Cc1nn(CCNC(=O)c2cnn(-c3ccccc3)c2C)c(C)c1-c1ccccc1. The third-order valence-corrected chi connectivity index (χ3v) is 5.31. The highest BCUT2D eigenvalue weighted by atomic mass is 16.1. The molecule has 0 saturated heterocycles. The number of amides is 1. The average molecular weight is 399 g/mol. The van der Waals surface area contributed by atoms with Crippen molar-refractivity contribution in [2.24, 2.45) is 0 Å². The average Bonchev–Trinajstić information content (AvgIpc) is 3.28. The smallest absolute Gasteiger partial charge is 0.254 e. The number of rotatable bonds is 6. The van der Waals surface area contributed by atoms with Gasteiger partial charge in [0.1, 0.15) is 0 Å². The maximum absolute atomic E-state index is 12.7. The Hall–Kier alpha value is -3.67. The van der Waals surface area contributed by atoms with Crippen LogP contribution in [-0.4, -0.2) is 32.0 Å². The molecule has 4 aromatic rings. The summed E-state index contributed by atoms with van der Waals surface area (Å²) in [4.78, 5) is 12.7. The Kier molecular flexibility index (Phi) is 5.48. The van der Waals surface area contributed by atoms with Crippen molar-refractivity contribution < 1.29 is 4.79 Å². The predicted octanol–water partition coefficient (Wildman–Crippen LogP) is 4.09. The molecule has 0 atom stereocenters. The van der Waals surface area contributed by atoms with Crippen molar-refractivity contribution in [2.45, 2.75) is 27.3 Å². The number of benzene rings is 2. The number of nitrogens with zero attached hydrogens (tertiary/aromatic N) is 4. The van der Waals surface area contributed by atoms with E-state index >= 15 is 0 Å². The van der Waals surface area contributed by atoms with Crippen LogP contribution < -0.4 is 5.32 Å².